The summed E-state index contributed by atoms with van der Waals surface area (Å²) in [5.41, 5.74) is 5.92. The fourth-order valence-electron chi connectivity index (χ4n) is 4.54. The summed E-state index contributed by atoms with van der Waals surface area (Å²) in [6, 6.07) is 32.9. The third kappa shape index (κ3) is 2.88. The molecule has 0 aliphatic carbocycles. The Hall–Kier alpha value is -3.43. The van der Waals surface area contributed by atoms with Crippen LogP contribution in [0.1, 0.15) is 19.9 Å². The van der Waals surface area contributed by atoms with E-state index in [1.807, 2.05) is 11.3 Å². The number of para-hydroxylation sites is 2. The topological polar surface area (TPSA) is 17.8 Å². The van der Waals surface area contributed by atoms with E-state index >= 15 is 0 Å². The van der Waals surface area contributed by atoms with Crippen LogP contribution in [0.15, 0.2) is 91.0 Å². The first-order valence-electron chi connectivity index (χ1n) is 10.7. The molecule has 0 atom stereocenters. The van der Waals surface area contributed by atoms with Crippen LogP contribution in [0.2, 0.25) is 0 Å². The van der Waals surface area contributed by atoms with Crippen LogP contribution in [0, 0.1) is 0 Å². The molecular formula is C28H22N2S. The number of benzene rings is 4. The van der Waals surface area contributed by atoms with Crippen molar-refractivity contribution in [2.75, 3.05) is 0 Å². The number of rotatable bonds is 3. The molecule has 0 aliphatic heterocycles. The van der Waals surface area contributed by atoms with E-state index in [9.17, 15) is 0 Å². The maximum atomic E-state index is 4.95. The molecule has 6 rings (SSSR count). The molecule has 0 bridgehead atoms. The van der Waals surface area contributed by atoms with Crippen molar-refractivity contribution in [1.29, 1.82) is 0 Å². The first-order valence-corrected chi connectivity index (χ1v) is 11.5. The molecule has 2 nitrogen and oxygen atoms in total. The maximum Gasteiger partial charge on any atom is 0.141 e. The van der Waals surface area contributed by atoms with Crippen molar-refractivity contribution >= 4 is 42.5 Å². The van der Waals surface area contributed by atoms with E-state index in [1.165, 1.54) is 36.8 Å². The summed E-state index contributed by atoms with van der Waals surface area (Å²) >= 11 is 1.88. The molecule has 2 aromatic heterocycles. The van der Waals surface area contributed by atoms with Crippen LogP contribution in [0.5, 0.6) is 0 Å². The number of nitrogens with zero attached hydrogens (tertiary/aromatic N) is 2. The summed E-state index contributed by atoms with van der Waals surface area (Å²) in [7, 11) is 0. The van der Waals surface area contributed by atoms with Crippen molar-refractivity contribution in [2.45, 2.75) is 19.9 Å². The normalized spacial score (nSPS) is 11.8. The van der Waals surface area contributed by atoms with Gasteiger partial charge in [0, 0.05) is 31.8 Å². The van der Waals surface area contributed by atoms with E-state index in [4.69, 9.17) is 4.98 Å². The summed E-state index contributed by atoms with van der Waals surface area (Å²) in [5.74, 6) is 1.03. The zero-order chi connectivity index (χ0) is 20.9. The fraction of sp³-hybridized carbons (Fsp3) is 0.107. The van der Waals surface area contributed by atoms with Crippen molar-refractivity contribution in [3.05, 3.63) is 91.0 Å². The predicted octanol–water partition coefficient (Wildman–Crippen LogP) is 8.32. The van der Waals surface area contributed by atoms with Gasteiger partial charge < -0.3 is 4.57 Å². The van der Waals surface area contributed by atoms with Crippen molar-refractivity contribution in [1.82, 2.24) is 9.55 Å². The lowest BCUT2D eigenvalue weighted by atomic mass is 10.0. The highest BCUT2D eigenvalue weighted by Gasteiger charge is 2.15. The van der Waals surface area contributed by atoms with Gasteiger partial charge in [-0.05, 0) is 43.2 Å². The van der Waals surface area contributed by atoms with Gasteiger partial charge in [-0.15, -0.1) is 11.3 Å². The van der Waals surface area contributed by atoms with Gasteiger partial charge in [-0.2, -0.15) is 0 Å². The van der Waals surface area contributed by atoms with Gasteiger partial charge in [0.25, 0.3) is 0 Å². The second kappa shape index (κ2) is 7.07. The smallest absolute Gasteiger partial charge is 0.141 e. The van der Waals surface area contributed by atoms with Crippen LogP contribution in [-0.2, 0) is 0 Å². The van der Waals surface area contributed by atoms with Crippen LogP contribution in [0.25, 0.3) is 53.7 Å². The average molecular weight is 419 g/mol. The van der Waals surface area contributed by atoms with E-state index in [0.29, 0.717) is 6.04 Å². The third-order valence-electron chi connectivity index (χ3n) is 5.97. The molecule has 0 saturated carbocycles. The van der Waals surface area contributed by atoms with E-state index in [2.05, 4.69) is 109 Å². The molecule has 0 saturated heterocycles. The summed E-state index contributed by atoms with van der Waals surface area (Å²) < 4.78 is 5.02. The minimum absolute atomic E-state index is 0.342. The van der Waals surface area contributed by atoms with Crippen molar-refractivity contribution < 1.29 is 0 Å². The Kier molecular flexibility index (Phi) is 4.18. The van der Waals surface area contributed by atoms with Crippen LogP contribution < -0.4 is 0 Å². The first kappa shape index (κ1) is 18.3. The molecule has 0 unspecified atom stereocenters. The van der Waals surface area contributed by atoms with Gasteiger partial charge in [-0.25, -0.2) is 4.98 Å². The SMILES string of the molecule is CC(C)n1c(-c2ccc(-c3cccc4c3sc3ccccc34)cc2)nc2ccccc21. The highest BCUT2D eigenvalue weighted by Crippen LogP contribution is 2.40. The van der Waals surface area contributed by atoms with Gasteiger partial charge >= 0.3 is 0 Å². The number of thiophene rings is 1. The molecule has 0 fully saturated rings. The lowest BCUT2D eigenvalue weighted by Gasteiger charge is -2.13. The highest BCUT2D eigenvalue weighted by molar-refractivity contribution is 7.26. The second-order valence-corrected chi connectivity index (χ2v) is 9.30. The fourth-order valence-corrected chi connectivity index (χ4v) is 5.78. The molecule has 3 heteroatoms. The summed E-state index contributed by atoms with van der Waals surface area (Å²) in [4.78, 5) is 4.95. The van der Waals surface area contributed by atoms with Gasteiger partial charge in [-0.3, -0.25) is 0 Å². The Morgan fingerprint density at radius 2 is 1.42 bits per heavy atom. The zero-order valence-electron chi connectivity index (χ0n) is 17.5. The maximum absolute atomic E-state index is 4.95. The number of fused-ring (bicyclic) bond motifs is 4. The Balaban J connectivity index is 1.49. The molecule has 4 aromatic carbocycles. The van der Waals surface area contributed by atoms with E-state index < -0.39 is 0 Å². The summed E-state index contributed by atoms with van der Waals surface area (Å²) in [6.45, 7) is 4.43. The monoisotopic (exact) mass is 418 g/mol. The van der Waals surface area contributed by atoms with Crippen molar-refractivity contribution in [2.24, 2.45) is 0 Å². The summed E-state index contributed by atoms with van der Waals surface area (Å²) in [5, 5.41) is 2.68. The molecule has 2 heterocycles. The van der Waals surface area contributed by atoms with Gasteiger partial charge in [0.05, 0.1) is 11.0 Å². The van der Waals surface area contributed by atoms with Crippen LogP contribution >= 0.6 is 11.3 Å². The van der Waals surface area contributed by atoms with Crippen molar-refractivity contribution in [3.8, 4) is 22.5 Å². The van der Waals surface area contributed by atoms with Crippen LogP contribution in [0.3, 0.4) is 0 Å². The highest BCUT2D eigenvalue weighted by atomic mass is 32.1. The molecule has 0 spiro atoms. The second-order valence-electron chi connectivity index (χ2n) is 8.25. The Morgan fingerprint density at radius 1 is 0.710 bits per heavy atom. The van der Waals surface area contributed by atoms with E-state index in [1.54, 1.807) is 0 Å². The minimum atomic E-state index is 0.342. The molecule has 0 aliphatic rings. The van der Waals surface area contributed by atoms with Gasteiger partial charge in [0.15, 0.2) is 0 Å². The predicted molar refractivity (Wildman–Crippen MR) is 134 cm³/mol. The van der Waals surface area contributed by atoms with Gasteiger partial charge in [0.2, 0.25) is 0 Å². The van der Waals surface area contributed by atoms with Crippen LogP contribution in [0.4, 0.5) is 0 Å². The van der Waals surface area contributed by atoms with Gasteiger partial charge in [0.1, 0.15) is 5.82 Å². The molecule has 31 heavy (non-hydrogen) atoms. The minimum Gasteiger partial charge on any atom is -0.321 e. The molecule has 150 valence electrons. The van der Waals surface area contributed by atoms with Crippen LogP contribution in [-0.4, -0.2) is 9.55 Å². The first-order chi connectivity index (χ1) is 15.2. The standard InChI is InChI=1S/C28H22N2S/c1-18(2)30-25-12-5-4-11-24(25)29-28(30)20-16-14-19(15-17-20)21-9-7-10-23-22-8-3-6-13-26(22)31-27(21)23/h3-18H,1-2H3. The lowest BCUT2D eigenvalue weighted by Crippen LogP contribution is -2.02. The molecular weight excluding hydrogens is 396 g/mol. The Morgan fingerprint density at radius 3 is 2.26 bits per heavy atom. The number of imidazole rings is 1. The third-order valence-corrected chi connectivity index (χ3v) is 7.19. The van der Waals surface area contributed by atoms with E-state index in [-0.39, 0.29) is 0 Å². The average Bonchev–Trinajstić information content (AvgIpc) is 3.38. The van der Waals surface area contributed by atoms with Gasteiger partial charge in [-0.1, -0.05) is 72.8 Å². The summed E-state index contributed by atoms with van der Waals surface area (Å²) in [6.07, 6.45) is 0. The molecule has 0 amide bonds. The Bertz CT molecular complexity index is 1550. The molecule has 6 aromatic rings. The largest absolute Gasteiger partial charge is 0.321 e. The quantitative estimate of drug-likeness (QED) is 0.282. The zero-order valence-corrected chi connectivity index (χ0v) is 18.4. The molecule has 0 N–H and O–H groups in total. The lowest BCUT2D eigenvalue weighted by molar-refractivity contribution is 0.624. The number of aromatic nitrogens is 2. The number of hydrogen-bond acceptors (Lipinski definition) is 2. The number of hydrogen-bond donors (Lipinski definition) is 0. The molecule has 0 radical (unpaired) electrons. The van der Waals surface area contributed by atoms with E-state index in [0.717, 1.165) is 16.9 Å². The van der Waals surface area contributed by atoms with Crippen molar-refractivity contribution in [3.63, 3.8) is 0 Å². The Labute approximate surface area is 185 Å².